The topological polar surface area (TPSA) is 50.7 Å². The Balaban J connectivity index is 1.82. The van der Waals surface area contributed by atoms with E-state index in [1.54, 1.807) is 0 Å². The minimum atomic E-state index is -0.220. The van der Waals surface area contributed by atoms with Crippen molar-refractivity contribution in [1.29, 1.82) is 0 Å². The third-order valence-electron chi connectivity index (χ3n) is 3.60. The van der Waals surface area contributed by atoms with Gasteiger partial charge in [-0.1, -0.05) is 0 Å². The number of ether oxygens (including phenoxy) is 2. The molecule has 1 saturated heterocycles. The molecule has 0 radical (unpaired) electrons. The molecular formula is C11H21NO3. The lowest BCUT2D eigenvalue weighted by Gasteiger charge is -2.32. The molecule has 1 saturated carbocycles. The van der Waals surface area contributed by atoms with E-state index >= 15 is 0 Å². The first-order valence-corrected chi connectivity index (χ1v) is 5.80. The van der Waals surface area contributed by atoms with Crippen LogP contribution in [0.4, 0.5) is 0 Å². The molecule has 2 unspecified atom stereocenters. The third-order valence-corrected chi connectivity index (χ3v) is 3.60. The van der Waals surface area contributed by atoms with Gasteiger partial charge < -0.3 is 19.9 Å². The van der Waals surface area contributed by atoms with Crippen LogP contribution in [0.1, 0.15) is 19.3 Å². The summed E-state index contributed by atoms with van der Waals surface area (Å²) in [5.74, 6) is 0.579. The fourth-order valence-corrected chi connectivity index (χ4v) is 2.19. The average Bonchev–Trinajstić information content (AvgIpc) is 2.99. The monoisotopic (exact) mass is 215 g/mol. The second-order valence-electron chi connectivity index (χ2n) is 4.64. The molecule has 2 aliphatic rings. The zero-order valence-electron chi connectivity index (χ0n) is 9.37. The van der Waals surface area contributed by atoms with Gasteiger partial charge in [0.05, 0.1) is 31.5 Å². The van der Waals surface area contributed by atoms with Crippen LogP contribution in [-0.4, -0.2) is 50.2 Å². The molecule has 1 heterocycles. The van der Waals surface area contributed by atoms with Crippen molar-refractivity contribution in [3.8, 4) is 0 Å². The number of aliphatic hydroxyl groups excluding tert-OH is 1. The molecule has 2 N–H and O–H groups in total. The molecule has 0 amide bonds. The fourth-order valence-electron chi connectivity index (χ4n) is 2.19. The molecule has 1 aliphatic heterocycles. The molecule has 2 fully saturated rings. The Kier molecular flexibility index (Phi) is 3.61. The molecular weight excluding hydrogens is 194 g/mol. The van der Waals surface area contributed by atoms with Gasteiger partial charge in [-0.3, -0.25) is 0 Å². The van der Waals surface area contributed by atoms with Crippen LogP contribution in [0.5, 0.6) is 0 Å². The minimum Gasteiger partial charge on any atom is -0.394 e. The van der Waals surface area contributed by atoms with Gasteiger partial charge in [0, 0.05) is 6.61 Å². The molecule has 0 bridgehead atoms. The second-order valence-corrected chi connectivity index (χ2v) is 4.64. The number of nitrogens with one attached hydrogen (secondary N) is 1. The lowest BCUT2D eigenvalue weighted by Crippen LogP contribution is -2.53. The summed E-state index contributed by atoms with van der Waals surface area (Å²) in [6.07, 6.45) is 3.61. The van der Waals surface area contributed by atoms with Crippen molar-refractivity contribution in [2.75, 3.05) is 33.5 Å². The van der Waals surface area contributed by atoms with E-state index in [-0.39, 0.29) is 18.2 Å². The van der Waals surface area contributed by atoms with E-state index in [0.717, 1.165) is 13.0 Å². The maximum atomic E-state index is 9.49. The normalized spacial score (nSPS) is 30.4. The van der Waals surface area contributed by atoms with Crippen LogP contribution < -0.4 is 5.32 Å². The quantitative estimate of drug-likeness (QED) is 0.662. The molecule has 2 rings (SSSR count). The SMILES string of the molecule is CNC(CO)(COC1CCOC1)C1CC1. The Bertz CT molecular complexity index is 196. The van der Waals surface area contributed by atoms with Crippen LogP contribution in [-0.2, 0) is 9.47 Å². The molecule has 4 nitrogen and oxygen atoms in total. The Morgan fingerprint density at radius 2 is 2.27 bits per heavy atom. The van der Waals surface area contributed by atoms with E-state index in [4.69, 9.17) is 9.47 Å². The maximum absolute atomic E-state index is 9.49. The fraction of sp³-hybridized carbons (Fsp3) is 1.00. The summed E-state index contributed by atoms with van der Waals surface area (Å²) in [5.41, 5.74) is -0.220. The highest BCUT2D eigenvalue weighted by molar-refractivity contribution is 5.00. The number of hydrogen-bond acceptors (Lipinski definition) is 4. The van der Waals surface area contributed by atoms with E-state index in [1.807, 2.05) is 7.05 Å². The Labute approximate surface area is 90.9 Å². The number of rotatable bonds is 6. The largest absolute Gasteiger partial charge is 0.394 e. The zero-order chi connectivity index (χ0) is 10.7. The van der Waals surface area contributed by atoms with E-state index in [9.17, 15) is 5.11 Å². The first-order chi connectivity index (χ1) is 7.30. The van der Waals surface area contributed by atoms with Crippen molar-refractivity contribution < 1.29 is 14.6 Å². The highest BCUT2D eigenvalue weighted by Crippen LogP contribution is 2.39. The molecule has 0 aromatic rings. The van der Waals surface area contributed by atoms with Crippen molar-refractivity contribution in [2.24, 2.45) is 5.92 Å². The van der Waals surface area contributed by atoms with Crippen LogP contribution in [0.25, 0.3) is 0 Å². The zero-order valence-corrected chi connectivity index (χ0v) is 9.37. The van der Waals surface area contributed by atoms with E-state index in [2.05, 4.69) is 5.32 Å². The van der Waals surface area contributed by atoms with E-state index in [1.165, 1.54) is 12.8 Å². The molecule has 15 heavy (non-hydrogen) atoms. The highest BCUT2D eigenvalue weighted by Gasteiger charge is 2.44. The van der Waals surface area contributed by atoms with Crippen LogP contribution in [0.3, 0.4) is 0 Å². The number of aliphatic hydroxyl groups is 1. The maximum Gasteiger partial charge on any atom is 0.0831 e. The van der Waals surface area contributed by atoms with Crippen LogP contribution in [0, 0.1) is 5.92 Å². The minimum absolute atomic E-state index is 0.155. The smallest absolute Gasteiger partial charge is 0.0831 e. The summed E-state index contributed by atoms with van der Waals surface area (Å²) < 4.78 is 11.1. The molecule has 88 valence electrons. The van der Waals surface area contributed by atoms with Crippen molar-refractivity contribution in [2.45, 2.75) is 30.9 Å². The number of likely N-dealkylation sites (N-methyl/N-ethyl adjacent to an activating group) is 1. The van der Waals surface area contributed by atoms with Crippen LogP contribution >= 0.6 is 0 Å². The van der Waals surface area contributed by atoms with Gasteiger partial charge >= 0.3 is 0 Å². The summed E-state index contributed by atoms with van der Waals surface area (Å²) in [7, 11) is 1.91. The molecule has 0 aromatic heterocycles. The van der Waals surface area contributed by atoms with Gasteiger partial charge in [0.25, 0.3) is 0 Å². The molecule has 1 aliphatic carbocycles. The first kappa shape index (κ1) is 11.3. The van der Waals surface area contributed by atoms with Gasteiger partial charge in [0.15, 0.2) is 0 Å². The lowest BCUT2D eigenvalue weighted by atomic mass is 9.95. The highest BCUT2D eigenvalue weighted by atomic mass is 16.5. The second kappa shape index (κ2) is 4.78. The van der Waals surface area contributed by atoms with Crippen molar-refractivity contribution in [3.05, 3.63) is 0 Å². The third kappa shape index (κ3) is 2.50. The Morgan fingerprint density at radius 3 is 2.73 bits per heavy atom. The Hall–Kier alpha value is -0.160. The summed E-state index contributed by atoms with van der Waals surface area (Å²) in [5, 5.41) is 12.7. The van der Waals surface area contributed by atoms with Crippen LogP contribution in [0.2, 0.25) is 0 Å². The average molecular weight is 215 g/mol. The molecule has 2 atom stereocenters. The lowest BCUT2D eigenvalue weighted by molar-refractivity contribution is -0.0181. The van der Waals surface area contributed by atoms with Gasteiger partial charge in [-0.25, -0.2) is 0 Å². The predicted octanol–water partition coefficient (Wildman–Crippen LogP) is 0.152. The van der Waals surface area contributed by atoms with Crippen molar-refractivity contribution >= 4 is 0 Å². The first-order valence-electron chi connectivity index (χ1n) is 5.80. The van der Waals surface area contributed by atoms with Gasteiger partial charge in [-0.15, -0.1) is 0 Å². The number of hydrogen-bond donors (Lipinski definition) is 2. The Morgan fingerprint density at radius 1 is 1.47 bits per heavy atom. The summed E-state index contributed by atoms with van der Waals surface area (Å²) in [6, 6.07) is 0. The van der Waals surface area contributed by atoms with Crippen molar-refractivity contribution in [3.63, 3.8) is 0 Å². The summed E-state index contributed by atoms with van der Waals surface area (Å²) in [6.45, 7) is 2.26. The van der Waals surface area contributed by atoms with Gasteiger partial charge in [-0.2, -0.15) is 0 Å². The van der Waals surface area contributed by atoms with E-state index in [0.29, 0.717) is 19.1 Å². The molecule has 4 heteroatoms. The van der Waals surface area contributed by atoms with Gasteiger partial charge in [0.1, 0.15) is 0 Å². The van der Waals surface area contributed by atoms with Gasteiger partial charge in [-0.05, 0) is 32.2 Å². The summed E-state index contributed by atoms with van der Waals surface area (Å²) >= 11 is 0. The standard InChI is InChI=1S/C11H21NO3/c1-12-11(7-13,9-2-3-9)8-15-10-4-5-14-6-10/h9-10,12-13H,2-8H2,1H3. The van der Waals surface area contributed by atoms with Gasteiger partial charge in [0.2, 0.25) is 0 Å². The molecule has 0 aromatic carbocycles. The summed E-state index contributed by atoms with van der Waals surface area (Å²) in [4.78, 5) is 0. The van der Waals surface area contributed by atoms with Crippen LogP contribution in [0.15, 0.2) is 0 Å². The predicted molar refractivity (Wildman–Crippen MR) is 56.8 cm³/mol. The molecule has 0 spiro atoms. The van der Waals surface area contributed by atoms with Crippen molar-refractivity contribution in [1.82, 2.24) is 5.32 Å². The van der Waals surface area contributed by atoms with E-state index < -0.39 is 0 Å².